The number of hydrogen-bond donors (Lipinski definition) is 4. The van der Waals surface area contributed by atoms with Gasteiger partial charge in [0, 0.05) is 58.0 Å². The molecule has 3 aromatic rings. The Balaban J connectivity index is 0.00000432. The molecule has 0 spiro atoms. The standard InChI is InChI=1S/C24H27N9O.HI.2H2/c1-16-6-8-21(24(30-16)18(14-25)15-28-2)34-20-10-11-29-23(13-20)31-19-5-3-4-17(12-19)7-9-22(32-26)33-27;;;/h3-6,8,10-15,26H,7,9,25,27H2,1-2H3,(H,29,31);3*1H/b18-14+,28-15?,32-26?,33-22-;;;. The molecule has 11 heteroatoms. The van der Waals surface area contributed by atoms with Crippen LogP contribution in [0.4, 0.5) is 11.5 Å². The van der Waals surface area contributed by atoms with Gasteiger partial charge in [-0.15, -0.1) is 29.1 Å². The molecule has 0 atom stereocenters. The summed E-state index contributed by atoms with van der Waals surface area (Å²) >= 11 is 0. The minimum atomic E-state index is 0. The van der Waals surface area contributed by atoms with Crippen LogP contribution < -0.4 is 21.6 Å². The van der Waals surface area contributed by atoms with Crippen molar-refractivity contribution in [1.82, 2.24) is 9.97 Å². The van der Waals surface area contributed by atoms with Gasteiger partial charge in [-0.25, -0.2) is 15.5 Å². The molecule has 0 aliphatic heterocycles. The van der Waals surface area contributed by atoms with Crippen molar-refractivity contribution >= 4 is 53.1 Å². The van der Waals surface area contributed by atoms with Crippen LogP contribution in [0.1, 0.15) is 26.2 Å². The number of aromatic nitrogens is 2. The van der Waals surface area contributed by atoms with E-state index in [1.54, 1.807) is 31.6 Å². The number of aryl methyl sites for hydroxylation is 2. The summed E-state index contributed by atoms with van der Waals surface area (Å²) in [6.07, 6.45) is 5.90. The third-order valence-corrected chi connectivity index (χ3v) is 4.79. The highest BCUT2D eigenvalue weighted by atomic mass is 127. The van der Waals surface area contributed by atoms with Gasteiger partial charge in [0.2, 0.25) is 0 Å². The van der Waals surface area contributed by atoms with Crippen molar-refractivity contribution in [2.45, 2.75) is 19.8 Å². The summed E-state index contributed by atoms with van der Waals surface area (Å²) < 4.78 is 6.13. The van der Waals surface area contributed by atoms with Crippen molar-refractivity contribution in [3.63, 3.8) is 0 Å². The number of hydrazone groups is 1. The van der Waals surface area contributed by atoms with E-state index in [0.29, 0.717) is 47.3 Å². The number of nitrogens with zero attached hydrogens (tertiary/aromatic N) is 5. The number of pyridine rings is 2. The van der Waals surface area contributed by atoms with Crippen molar-refractivity contribution in [3.05, 3.63) is 77.9 Å². The summed E-state index contributed by atoms with van der Waals surface area (Å²) in [6, 6.07) is 15.2. The first-order valence-electron chi connectivity index (χ1n) is 10.5. The van der Waals surface area contributed by atoms with Crippen LogP contribution in [0, 0.1) is 12.5 Å². The number of nitrogens with one attached hydrogen (secondary N) is 2. The van der Waals surface area contributed by atoms with Crippen LogP contribution in [-0.2, 0) is 6.42 Å². The predicted octanol–water partition coefficient (Wildman–Crippen LogP) is 5.67. The minimum Gasteiger partial charge on any atom is -0.455 e. The minimum absolute atomic E-state index is 0. The zero-order valence-corrected chi connectivity index (χ0v) is 21.8. The Morgan fingerprint density at radius 2 is 2.06 bits per heavy atom. The largest absolute Gasteiger partial charge is 0.455 e. The van der Waals surface area contributed by atoms with Crippen LogP contribution >= 0.6 is 24.0 Å². The molecule has 186 valence electrons. The van der Waals surface area contributed by atoms with E-state index in [1.807, 2.05) is 43.3 Å². The van der Waals surface area contributed by atoms with E-state index in [-0.39, 0.29) is 26.8 Å². The quantitative estimate of drug-likeness (QED) is 0.0629. The van der Waals surface area contributed by atoms with Crippen molar-refractivity contribution in [1.29, 1.82) is 5.53 Å². The first kappa shape index (κ1) is 27.4. The lowest BCUT2D eigenvalue weighted by Crippen LogP contribution is -2.01. The highest BCUT2D eigenvalue weighted by molar-refractivity contribution is 14.0. The van der Waals surface area contributed by atoms with Gasteiger partial charge in [-0.1, -0.05) is 12.1 Å². The lowest BCUT2D eigenvalue weighted by Gasteiger charge is -2.13. The predicted molar refractivity (Wildman–Crippen MR) is 154 cm³/mol. The van der Waals surface area contributed by atoms with Gasteiger partial charge in [0.1, 0.15) is 17.3 Å². The van der Waals surface area contributed by atoms with Crippen LogP contribution in [0.15, 0.2) is 76.1 Å². The number of aliphatic imine (C=N–C) groups is 1. The Hall–Kier alpha value is -3.87. The summed E-state index contributed by atoms with van der Waals surface area (Å²) in [6.45, 7) is 1.90. The number of hydrogen-bond acceptors (Lipinski definition) is 9. The average Bonchev–Trinajstić information content (AvgIpc) is 2.85. The normalized spacial score (nSPS) is 11.7. The summed E-state index contributed by atoms with van der Waals surface area (Å²) in [5, 5.41) is 10.1. The van der Waals surface area contributed by atoms with Gasteiger partial charge in [-0.05, 0) is 49.2 Å². The van der Waals surface area contributed by atoms with Gasteiger partial charge in [0.25, 0.3) is 0 Å². The zero-order valence-electron chi connectivity index (χ0n) is 19.5. The van der Waals surface area contributed by atoms with Crippen LogP contribution in [0.5, 0.6) is 11.5 Å². The monoisotopic (exact) mass is 589 g/mol. The van der Waals surface area contributed by atoms with Crippen molar-refractivity contribution in [2.75, 3.05) is 12.4 Å². The highest BCUT2D eigenvalue weighted by Crippen LogP contribution is 2.30. The maximum atomic E-state index is 7.06. The van der Waals surface area contributed by atoms with Crippen molar-refractivity contribution < 1.29 is 7.59 Å². The second-order valence-corrected chi connectivity index (χ2v) is 7.27. The maximum Gasteiger partial charge on any atom is 0.170 e. The molecule has 0 aliphatic carbocycles. The first-order valence-corrected chi connectivity index (χ1v) is 10.5. The summed E-state index contributed by atoms with van der Waals surface area (Å²) in [5.74, 6) is 7.29. The van der Waals surface area contributed by atoms with E-state index in [0.717, 1.165) is 16.9 Å². The summed E-state index contributed by atoms with van der Waals surface area (Å²) in [5.41, 5.74) is 16.9. The Morgan fingerprint density at radius 1 is 1.23 bits per heavy atom. The van der Waals surface area contributed by atoms with E-state index < -0.39 is 0 Å². The lowest BCUT2D eigenvalue weighted by molar-refractivity contribution is 0.478. The van der Waals surface area contributed by atoms with Gasteiger partial charge in [0.05, 0.1) is 0 Å². The molecule has 2 aromatic heterocycles. The van der Waals surface area contributed by atoms with Gasteiger partial charge >= 0.3 is 0 Å². The van der Waals surface area contributed by atoms with E-state index in [4.69, 9.17) is 21.8 Å². The molecule has 1 aromatic carbocycles. The molecule has 0 unspecified atom stereocenters. The second-order valence-electron chi connectivity index (χ2n) is 7.27. The Bertz CT molecular complexity index is 1250. The third kappa shape index (κ3) is 7.84. The van der Waals surface area contributed by atoms with Gasteiger partial charge in [-0.3, -0.25) is 4.99 Å². The molecule has 2 heterocycles. The molecule has 6 N–H and O–H groups in total. The molecular formula is C24H32IN9O. The number of allylic oxidation sites excluding steroid dienone is 1. The molecule has 0 radical (unpaired) electrons. The van der Waals surface area contributed by atoms with Crippen LogP contribution in [0.25, 0.3) is 5.57 Å². The van der Waals surface area contributed by atoms with Crippen molar-refractivity contribution in [3.8, 4) is 11.5 Å². The molecule has 35 heavy (non-hydrogen) atoms. The van der Waals surface area contributed by atoms with Crippen LogP contribution in [-0.4, -0.2) is 29.1 Å². The van der Waals surface area contributed by atoms with Crippen molar-refractivity contribution in [2.24, 2.45) is 26.8 Å². The highest BCUT2D eigenvalue weighted by Gasteiger charge is 2.12. The Morgan fingerprint density at radius 3 is 2.77 bits per heavy atom. The fourth-order valence-corrected chi connectivity index (χ4v) is 3.18. The first-order chi connectivity index (χ1) is 16.6. The Kier molecular flexibility index (Phi) is 10.8. The summed E-state index contributed by atoms with van der Waals surface area (Å²) in [7, 11) is 1.67. The van der Waals surface area contributed by atoms with E-state index in [2.05, 4.69) is 30.5 Å². The number of rotatable bonds is 9. The third-order valence-electron chi connectivity index (χ3n) is 4.79. The molecule has 0 bridgehead atoms. The van der Waals surface area contributed by atoms with Crippen LogP contribution in [0.3, 0.4) is 0 Å². The molecule has 3 rings (SSSR count). The molecule has 10 nitrogen and oxygen atoms in total. The fraction of sp³-hybridized carbons (Fsp3) is 0.167. The molecule has 0 saturated carbocycles. The fourth-order valence-electron chi connectivity index (χ4n) is 3.18. The Labute approximate surface area is 224 Å². The summed E-state index contributed by atoms with van der Waals surface area (Å²) in [4.78, 5) is 13.0. The zero-order chi connectivity index (χ0) is 24.3. The number of amidine groups is 1. The van der Waals surface area contributed by atoms with E-state index in [9.17, 15) is 0 Å². The number of nitrogens with two attached hydrogens (primary N) is 2. The van der Waals surface area contributed by atoms with Gasteiger partial charge < -0.3 is 21.6 Å². The average molecular weight is 589 g/mol. The molecular weight excluding hydrogens is 557 g/mol. The van der Waals surface area contributed by atoms with E-state index in [1.165, 1.54) is 6.20 Å². The van der Waals surface area contributed by atoms with Gasteiger partial charge in [-0.2, -0.15) is 5.10 Å². The molecule has 0 fully saturated rings. The van der Waals surface area contributed by atoms with E-state index >= 15 is 0 Å². The van der Waals surface area contributed by atoms with Gasteiger partial charge in [0.15, 0.2) is 11.6 Å². The number of anilines is 2. The molecule has 0 saturated heterocycles. The lowest BCUT2D eigenvalue weighted by atomic mass is 10.1. The molecule has 0 aliphatic rings. The number of ether oxygens (including phenoxy) is 1. The SMILES string of the molecule is CN=C/C(=C\N)c1nc(C)ccc1Oc1ccnc(Nc2cccc(CC/C(N=N)=N/N)c2)c1.I.[HH].[HH]. The maximum absolute atomic E-state index is 7.06. The second kappa shape index (κ2) is 13.7. The smallest absolute Gasteiger partial charge is 0.170 e. The topological polar surface area (TPSA) is 160 Å². The van der Waals surface area contributed by atoms with Crippen LogP contribution in [0.2, 0.25) is 0 Å². The molecule has 0 amide bonds. The number of benzene rings is 1. The number of halogens is 1.